The molecule has 0 bridgehead atoms. The Hall–Kier alpha value is -5.17. The standard InChI is InChI=1S/C38H34N2O5/c1-4-9-23-14-16-25(17-15-23)34(41)32-33(35(42)28-22-26(44-2)18-19-31(28)45-3)40-21-20-24-10-5-6-11-27(24)36(40)38(32)29-12-7-8-13-30(29)39-37(38)43/h5-8,10-22,32-33,36H,4,9H2,1-3H3,(H,39,43)/t32-,33+,36+,38+/m0/s1. The lowest BCUT2D eigenvalue weighted by molar-refractivity contribution is -0.122. The van der Waals surface area contributed by atoms with E-state index in [9.17, 15) is 4.79 Å². The first-order valence-electron chi connectivity index (χ1n) is 15.3. The number of methoxy groups -OCH3 is 2. The van der Waals surface area contributed by atoms with E-state index in [4.69, 9.17) is 9.47 Å². The molecule has 0 unspecified atom stereocenters. The van der Waals surface area contributed by atoms with Gasteiger partial charge < -0.3 is 19.7 Å². The molecule has 1 spiro atoms. The molecule has 4 aromatic carbocycles. The van der Waals surface area contributed by atoms with Crippen LogP contribution in [0.4, 0.5) is 5.69 Å². The summed E-state index contributed by atoms with van der Waals surface area (Å²) >= 11 is 0. The Labute approximate surface area is 262 Å². The third-order valence-corrected chi connectivity index (χ3v) is 9.57. The Morgan fingerprint density at radius 1 is 0.889 bits per heavy atom. The van der Waals surface area contributed by atoms with E-state index >= 15 is 9.59 Å². The van der Waals surface area contributed by atoms with Crippen LogP contribution in [0.25, 0.3) is 6.08 Å². The van der Waals surface area contributed by atoms with Gasteiger partial charge in [-0.3, -0.25) is 14.4 Å². The van der Waals surface area contributed by atoms with Crippen molar-refractivity contribution in [3.63, 3.8) is 0 Å². The summed E-state index contributed by atoms with van der Waals surface area (Å²) in [5.74, 6) is -1.09. The highest BCUT2D eigenvalue weighted by atomic mass is 16.5. The highest BCUT2D eigenvalue weighted by Crippen LogP contribution is 2.62. The quantitative estimate of drug-likeness (QED) is 0.229. The summed E-state index contributed by atoms with van der Waals surface area (Å²) < 4.78 is 11.1. The van der Waals surface area contributed by atoms with E-state index in [2.05, 4.69) is 12.2 Å². The lowest BCUT2D eigenvalue weighted by atomic mass is 9.62. The monoisotopic (exact) mass is 598 g/mol. The zero-order valence-corrected chi connectivity index (χ0v) is 25.4. The van der Waals surface area contributed by atoms with Crippen molar-refractivity contribution in [3.05, 3.63) is 131 Å². The fourth-order valence-corrected chi connectivity index (χ4v) is 7.64. The summed E-state index contributed by atoms with van der Waals surface area (Å²) in [4.78, 5) is 46.7. The van der Waals surface area contributed by atoms with Gasteiger partial charge >= 0.3 is 0 Å². The van der Waals surface area contributed by atoms with Crippen LogP contribution < -0.4 is 14.8 Å². The van der Waals surface area contributed by atoms with E-state index in [0.717, 1.165) is 29.5 Å². The van der Waals surface area contributed by atoms with Gasteiger partial charge in [0, 0.05) is 17.5 Å². The first-order chi connectivity index (χ1) is 21.9. The molecule has 0 aromatic heterocycles. The van der Waals surface area contributed by atoms with Crippen LogP contribution in [0.5, 0.6) is 11.5 Å². The Bertz CT molecular complexity index is 1860. The number of carbonyl (C=O) groups is 3. The number of nitrogens with zero attached hydrogens (tertiary/aromatic N) is 1. The molecule has 45 heavy (non-hydrogen) atoms. The minimum Gasteiger partial charge on any atom is -0.497 e. The minimum absolute atomic E-state index is 0.259. The minimum atomic E-state index is -1.40. The molecule has 7 heteroatoms. The van der Waals surface area contributed by atoms with Gasteiger partial charge in [-0.1, -0.05) is 80.1 Å². The summed E-state index contributed by atoms with van der Waals surface area (Å²) in [5.41, 5.74) is 3.66. The molecular weight excluding hydrogens is 564 g/mol. The average Bonchev–Trinajstić information content (AvgIpc) is 3.56. The van der Waals surface area contributed by atoms with Crippen LogP contribution in [0.3, 0.4) is 0 Å². The number of rotatable bonds is 8. The van der Waals surface area contributed by atoms with Crippen LogP contribution in [-0.4, -0.2) is 42.6 Å². The van der Waals surface area contributed by atoms with Crippen LogP contribution in [0.2, 0.25) is 0 Å². The van der Waals surface area contributed by atoms with E-state index in [0.29, 0.717) is 28.3 Å². The van der Waals surface area contributed by atoms with Crippen molar-refractivity contribution in [2.24, 2.45) is 5.92 Å². The fourth-order valence-electron chi connectivity index (χ4n) is 7.64. The third-order valence-electron chi connectivity index (χ3n) is 9.57. The van der Waals surface area contributed by atoms with E-state index in [1.807, 2.05) is 90.0 Å². The predicted octanol–water partition coefficient (Wildman–Crippen LogP) is 6.64. The van der Waals surface area contributed by atoms with E-state index in [-0.39, 0.29) is 23.0 Å². The summed E-state index contributed by atoms with van der Waals surface area (Å²) in [6.45, 7) is 2.11. The van der Waals surface area contributed by atoms with Gasteiger partial charge in [-0.15, -0.1) is 0 Å². The highest BCUT2D eigenvalue weighted by Gasteiger charge is 2.70. The number of nitrogens with one attached hydrogen (secondary N) is 1. The number of benzene rings is 4. The molecule has 3 aliphatic heterocycles. The number of aryl methyl sites for hydroxylation is 1. The molecule has 1 N–H and O–H groups in total. The fraction of sp³-hybridized carbons (Fsp3) is 0.237. The number of Topliss-reactive ketones (excluding diaryl/α,β-unsaturated/α-hetero) is 2. The van der Waals surface area contributed by atoms with Gasteiger partial charge in [0.05, 0.1) is 31.7 Å². The van der Waals surface area contributed by atoms with Crippen LogP contribution in [-0.2, 0) is 16.6 Å². The zero-order valence-electron chi connectivity index (χ0n) is 25.4. The SMILES string of the molecule is CCCc1ccc(C(=O)[C@@H]2[C@H](C(=O)c3cc(OC)ccc3OC)N3C=Cc4ccccc4[C@@H]3[C@]23C(=O)Nc2ccccc23)cc1. The molecule has 0 saturated carbocycles. The first-order valence-corrected chi connectivity index (χ1v) is 15.3. The molecule has 1 saturated heterocycles. The topological polar surface area (TPSA) is 84.9 Å². The van der Waals surface area contributed by atoms with Crippen LogP contribution in [0, 0.1) is 5.92 Å². The third kappa shape index (κ3) is 4.21. The molecule has 4 atom stereocenters. The van der Waals surface area contributed by atoms with Gasteiger partial charge in [0.25, 0.3) is 0 Å². The maximum absolute atomic E-state index is 15.1. The van der Waals surface area contributed by atoms with Crippen molar-refractivity contribution in [1.29, 1.82) is 0 Å². The first kappa shape index (κ1) is 28.6. The number of anilines is 1. The second-order valence-corrected chi connectivity index (χ2v) is 11.8. The van der Waals surface area contributed by atoms with Gasteiger partial charge in [0.15, 0.2) is 11.6 Å². The summed E-state index contributed by atoms with van der Waals surface area (Å²) in [5, 5.41) is 3.10. The van der Waals surface area contributed by atoms with E-state index in [1.165, 1.54) is 14.2 Å². The van der Waals surface area contributed by atoms with Crippen LogP contribution in [0.1, 0.15) is 62.4 Å². The van der Waals surface area contributed by atoms with Crippen molar-refractivity contribution in [2.75, 3.05) is 19.5 Å². The number of amides is 1. The molecule has 226 valence electrons. The number of ketones is 2. The van der Waals surface area contributed by atoms with Gasteiger partial charge in [0.1, 0.15) is 23.0 Å². The lowest BCUT2D eigenvalue weighted by Gasteiger charge is -2.38. The molecule has 1 fully saturated rings. The van der Waals surface area contributed by atoms with E-state index < -0.39 is 23.4 Å². The highest BCUT2D eigenvalue weighted by molar-refractivity contribution is 6.17. The molecule has 7 nitrogen and oxygen atoms in total. The van der Waals surface area contributed by atoms with E-state index in [1.54, 1.807) is 18.2 Å². The summed E-state index contributed by atoms with van der Waals surface area (Å²) in [6, 6.07) is 26.4. The normalized spacial score (nSPS) is 22.4. The number of ether oxygens (including phenoxy) is 2. The molecular formula is C38H34N2O5. The number of hydrogen-bond acceptors (Lipinski definition) is 6. The van der Waals surface area contributed by atoms with Crippen molar-refractivity contribution in [3.8, 4) is 11.5 Å². The van der Waals surface area contributed by atoms with Crippen LogP contribution in [0.15, 0.2) is 97.2 Å². The largest absolute Gasteiger partial charge is 0.497 e. The summed E-state index contributed by atoms with van der Waals surface area (Å²) in [6.07, 6.45) is 5.70. The Balaban J connectivity index is 1.51. The van der Waals surface area contributed by atoms with Crippen molar-refractivity contribution < 1.29 is 23.9 Å². The van der Waals surface area contributed by atoms with Crippen molar-refractivity contribution in [2.45, 2.75) is 37.3 Å². The molecule has 1 amide bonds. The second kappa shape index (κ2) is 11.1. The Morgan fingerprint density at radius 2 is 1.64 bits per heavy atom. The molecule has 3 heterocycles. The second-order valence-electron chi connectivity index (χ2n) is 11.8. The number of carbonyl (C=O) groups excluding carboxylic acids is 3. The maximum atomic E-state index is 15.1. The number of hydrogen-bond donors (Lipinski definition) is 1. The predicted molar refractivity (Wildman–Crippen MR) is 173 cm³/mol. The molecule has 3 aliphatic rings. The molecule has 0 aliphatic carbocycles. The van der Waals surface area contributed by atoms with Crippen molar-refractivity contribution in [1.82, 2.24) is 4.90 Å². The summed E-state index contributed by atoms with van der Waals surface area (Å²) in [7, 11) is 3.05. The average molecular weight is 599 g/mol. The van der Waals surface area contributed by atoms with Crippen LogP contribution >= 0.6 is 0 Å². The zero-order chi connectivity index (χ0) is 31.3. The van der Waals surface area contributed by atoms with Gasteiger partial charge in [-0.2, -0.15) is 0 Å². The number of para-hydroxylation sites is 1. The smallest absolute Gasteiger partial charge is 0.238 e. The molecule has 4 aromatic rings. The maximum Gasteiger partial charge on any atom is 0.238 e. The number of fused-ring (bicyclic) bond motifs is 6. The van der Waals surface area contributed by atoms with Gasteiger partial charge in [-0.25, -0.2) is 0 Å². The Morgan fingerprint density at radius 3 is 2.40 bits per heavy atom. The van der Waals surface area contributed by atoms with Gasteiger partial charge in [0.2, 0.25) is 5.91 Å². The Kier molecular flexibility index (Phi) is 7.04. The van der Waals surface area contributed by atoms with Crippen molar-refractivity contribution >= 4 is 29.2 Å². The molecule has 0 radical (unpaired) electrons. The van der Waals surface area contributed by atoms with Gasteiger partial charge in [-0.05, 0) is 59.0 Å². The lowest BCUT2D eigenvalue weighted by Crippen LogP contribution is -2.49. The molecule has 7 rings (SSSR count).